The second kappa shape index (κ2) is 7.63. The SMILES string of the molecule is CCC(C)NC(=O)c1cccc(C(=O)Nc2ccc(F)c(F)c2)n1. The van der Waals surface area contributed by atoms with Crippen LogP contribution < -0.4 is 10.6 Å². The van der Waals surface area contributed by atoms with Crippen LogP contribution in [0.4, 0.5) is 14.5 Å². The summed E-state index contributed by atoms with van der Waals surface area (Å²) in [6.45, 7) is 3.79. The number of anilines is 1. The third-order valence-corrected chi connectivity index (χ3v) is 3.38. The summed E-state index contributed by atoms with van der Waals surface area (Å²) < 4.78 is 26.1. The maximum Gasteiger partial charge on any atom is 0.274 e. The number of hydrogen-bond donors (Lipinski definition) is 2. The topological polar surface area (TPSA) is 71.1 Å². The fourth-order valence-corrected chi connectivity index (χ4v) is 1.86. The van der Waals surface area contributed by atoms with Gasteiger partial charge in [0.15, 0.2) is 11.6 Å². The summed E-state index contributed by atoms with van der Waals surface area (Å²) in [6.07, 6.45) is 0.766. The highest BCUT2D eigenvalue weighted by Gasteiger charge is 2.14. The number of hydrogen-bond acceptors (Lipinski definition) is 3. The Bertz CT molecular complexity index is 765. The van der Waals surface area contributed by atoms with Gasteiger partial charge in [-0.2, -0.15) is 0 Å². The van der Waals surface area contributed by atoms with Crippen molar-refractivity contribution >= 4 is 17.5 Å². The Morgan fingerprint density at radius 2 is 1.75 bits per heavy atom. The highest BCUT2D eigenvalue weighted by atomic mass is 19.2. The number of aromatic nitrogens is 1. The molecule has 0 bridgehead atoms. The van der Waals surface area contributed by atoms with E-state index in [-0.39, 0.29) is 29.0 Å². The second-order valence-electron chi connectivity index (χ2n) is 5.27. The quantitative estimate of drug-likeness (QED) is 0.883. The van der Waals surface area contributed by atoms with Crippen LogP contribution in [0, 0.1) is 11.6 Å². The summed E-state index contributed by atoms with van der Waals surface area (Å²) in [5, 5.41) is 5.16. The minimum atomic E-state index is -1.07. The Morgan fingerprint density at radius 3 is 2.38 bits per heavy atom. The number of nitrogens with one attached hydrogen (secondary N) is 2. The van der Waals surface area contributed by atoms with E-state index >= 15 is 0 Å². The Balaban J connectivity index is 2.13. The summed E-state index contributed by atoms with van der Waals surface area (Å²) in [6, 6.07) is 7.44. The molecule has 24 heavy (non-hydrogen) atoms. The molecular weight excluding hydrogens is 316 g/mol. The highest BCUT2D eigenvalue weighted by Crippen LogP contribution is 2.14. The smallest absolute Gasteiger partial charge is 0.274 e. The number of carbonyl (C=O) groups is 2. The fraction of sp³-hybridized carbons (Fsp3) is 0.235. The molecule has 126 valence electrons. The number of amides is 2. The molecule has 0 aliphatic carbocycles. The van der Waals surface area contributed by atoms with Crippen molar-refractivity contribution in [1.82, 2.24) is 10.3 Å². The first-order valence-electron chi connectivity index (χ1n) is 7.45. The average Bonchev–Trinajstić information content (AvgIpc) is 2.58. The van der Waals surface area contributed by atoms with Crippen LogP contribution in [-0.2, 0) is 0 Å². The lowest BCUT2D eigenvalue weighted by Gasteiger charge is -2.11. The van der Waals surface area contributed by atoms with Crippen LogP contribution in [0.2, 0.25) is 0 Å². The Labute approximate surface area is 138 Å². The molecule has 7 heteroatoms. The first kappa shape index (κ1) is 17.5. The van der Waals surface area contributed by atoms with Crippen LogP contribution in [0.25, 0.3) is 0 Å². The summed E-state index contributed by atoms with van der Waals surface area (Å²) in [5.41, 5.74) is 0.194. The minimum absolute atomic E-state index is 0.00321. The van der Waals surface area contributed by atoms with E-state index in [1.54, 1.807) is 0 Å². The van der Waals surface area contributed by atoms with Gasteiger partial charge in [-0.3, -0.25) is 9.59 Å². The summed E-state index contributed by atoms with van der Waals surface area (Å²) in [5.74, 6) is -3.08. The average molecular weight is 333 g/mol. The normalized spacial score (nSPS) is 11.7. The van der Waals surface area contributed by atoms with Crippen molar-refractivity contribution in [3.63, 3.8) is 0 Å². The molecule has 1 aromatic heterocycles. The standard InChI is InChI=1S/C17H17F2N3O2/c1-3-10(2)20-16(23)14-5-4-6-15(22-14)17(24)21-11-7-8-12(18)13(19)9-11/h4-10H,3H2,1-2H3,(H,20,23)(H,21,24). The maximum absolute atomic E-state index is 13.2. The molecule has 0 aliphatic heterocycles. The first-order valence-corrected chi connectivity index (χ1v) is 7.45. The van der Waals surface area contributed by atoms with Gasteiger partial charge in [0, 0.05) is 17.8 Å². The van der Waals surface area contributed by atoms with Crippen molar-refractivity contribution in [2.75, 3.05) is 5.32 Å². The zero-order valence-electron chi connectivity index (χ0n) is 13.3. The van der Waals surface area contributed by atoms with Gasteiger partial charge in [-0.25, -0.2) is 13.8 Å². The predicted molar refractivity (Wildman–Crippen MR) is 85.8 cm³/mol. The van der Waals surface area contributed by atoms with E-state index in [0.29, 0.717) is 0 Å². The van der Waals surface area contributed by atoms with E-state index in [4.69, 9.17) is 0 Å². The number of nitrogens with zero attached hydrogens (tertiary/aromatic N) is 1. The molecule has 1 aromatic carbocycles. The van der Waals surface area contributed by atoms with Crippen LogP contribution in [0.1, 0.15) is 41.2 Å². The molecule has 2 rings (SSSR count). The largest absolute Gasteiger partial charge is 0.348 e. The number of halogens is 2. The van der Waals surface area contributed by atoms with Gasteiger partial charge in [0.1, 0.15) is 11.4 Å². The molecule has 1 atom stereocenters. The number of carbonyl (C=O) groups excluding carboxylic acids is 2. The molecule has 0 fully saturated rings. The fourth-order valence-electron chi connectivity index (χ4n) is 1.86. The van der Waals surface area contributed by atoms with E-state index < -0.39 is 17.5 Å². The van der Waals surface area contributed by atoms with Gasteiger partial charge in [0.25, 0.3) is 11.8 Å². The van der Waals surface area contributed by atoms with Crippen molar-refractivity contribution in [3.05, 3.63) is 59.4 Å². The molecule has 2 amide bonds. The third-order valence-electron chi connectivity index (χ3n) is 3.38. The van der Waals surface area contributed by atoms with E-state index in [2.05, 4.69) is 15.6 Å². The molecule has 2 aromatic rings. The lowest BCUT2D eigenvalue weighted by molar-refractivity contribution is 0.0934. The molecule has 0 spiro atoms. The molecular formula is C17H17F2N3O2. The van der Waals surface area contributed by atoms with Crippen molar-refractivity contribution < 1.29 is 18.4 Å². The van der Waals surface area contributed by atoms with Crippen molar-refractivity contribution in [1.29, 1.82) is 0 Å². The monoisotopic (exact) mass is 333 g/mol. The molecule has 0 aliphatic rings. The summed E-state index contributed by atoms with van der Waals surface area (Å²) >= 11 is 0. The Hall–Kier alpha value is -2.83. The number of benzene rings is 1. The van der Waals surface area contributed by atoms with Crippen LogP contribution in [0.5, 0.6) is 0 Å². The van der Waals surface area contributed by atoms with Crippen molar-refractivity contribution in [2.24, 2.45) is 0 Å². The molecule has 0 saturated heterocycles. The molecule has 0 radical (unpaired) electrons. The summed E-state index contributed by atoms with van der Waals surface area (Å²) in [7, 11) is 0. The lowest BCUT2D eigenvalue weighted by Crippen LogP contribution is -2.32. The van der Waals surface area contributed by atoms with Gasteiger partial charge in [-0.05, 0) is 37.6 Å². The Morgan fingerprint density at radius 1 is 1.08 bits per heavy atom. The zero-order valence-corrected chi connectivity index (χ0v) is 13.3. The van der Waals surface area contributed by atoms with E-state index in [0.717, 1.165) is 18.6 Å². The Kier molecular flexibility index (Phi) is 5.57. The van der Waals surface area contributed by atoms with E-state index in [1.165, 1.54) is 24.3 Å². The van der Waals surface area contributed by atoms with Crippen LogP contribution in [-0.4, -0.2) is 22.8 Å². The lowest BCUT2D eigenvalue weighted by atomic mass is 10.2. The zero-order chi connectivity index (χ0) is 17.7. The molecule has 5 nitrogen and oxygen atoms in total. The van der Waals surface area contributed by atoms with E-state index in [9.17, 15) is 18.4 Å². The molecule has 0 saturated carbocycles. The van der Waals surface area contributed by atoms with Gasteiger partial charge in [0.2, 0.25) is 0 Å². The minimum Gasteiger partial charge on any atom is -0.348 e. The van der Waals surface area contributed by atoms with Gasteiger partial charge in [0.05, 0.1) is 0 Å². The van der Waals surface area contributed by atoms with E-state index in [1.807, 2.05) is 13.8 Å². The molecule has 1 unspecified atom stereocenters. The van der Waals surface area contributed by atoms with Gasteiger partial charge >= 0.3 is 0 Å². The van der Waals surface area contributed by atoms with Gasteiger partial charge in [-0.15, -0.1) is 0 Å². The number of pyridine rings is 1. The van der Waals surface area contributed by atoms with Crippen molar-refractivity contribution in [2.45, 2.75) is 26.3 Å². The predicted octanol–water partition coefficient (Wildman–Crippen LogP) is 3.14. The highest BCUT2D eigenvalue weighted by molar-refractivity contribution is 6.03. The maximum atomic E-state index is 13.2. The third kappa shape index (κ3) is 4.34. The number of rotatable bonds is 5. The molecule has 1 heterocycles. The second-order valence-corrected chi connectivity index (χ2v) is 5.27. The van der Waals surface area contributed by atoms with Gasteiger partial charge < -0.3 is 10.6 Å². The van der Waals surface area contributed by atoms with Gasteiger partial charge in [-0.1, -0.05) is 13.0 Å². The van der Waals surface area contributed by atoms with Crippen LogP contribution in [0.3, 0.4) is 0 Å². The van der Waals surface area contributed by atoms with Crippen LogP contribution in [0.15, 0.2) is 36.4 Å². The van der Waals surface area contributed by atoms with Crippen molar-refractivity contribution in [3.8, 4) is 0 Å². The summed E-state index contributed by atoms with van der Waals surface area (Å²) in [4.78, 5) is 28.2. The first-order chi connectivity index (χ1) is 11.4. The molecule has 2 N–H and O–H groups in total. The van der Waals surface area contributed by atoms with Crippen LogP contribution >= 0.6 is 0 Å².